The number of hydrogen-bond donors (Lipinski definition) is 3. The summed E-state index contributed by atoms with van der Waals surface area (Å²) in [5.41, 5.74) is 5.66. The molecule has 110 valence electrons. The topological polar surface area (TPSA) is 95.7 Å². The van der Waals surface area contributed by atoms with E-state index in [9.17, 15) is 9.59 Å². The van der Waals surface area contributed by atoms with E-state index >= 15 is 0 Å². The smallest absolute Gasteiger partial charge is 0.330 e. The van der Waals surface area contributed by atoms with Gasteiger partial charge in [0.2, 0.25) is 0 Å². The second-order valence-corrected chi connectivity index (χ2v) is 4.59. The largest absolute Gasteiger partial charge is 0.393 e. The zero-order chi connectivity index (χ0) is 15.0. The fraction of sp³-hybridized carbons (Fsp3) is 0.429. The molecule has 4 amide bonds. The Balaban J connectivity index is 2.48. The molecule has 0 bridgehead atoms. The van der Waals surface area contributed by atoms with E-state index in [0.29, 0.717) is 18.7 Å². The summed E-state index contributed by atoms with van der Waals surface area (Å²) in [5.74, 6) is 0. The quantitative estimate of drug-likeness (QED) is 0.693. The molecule has 4 N–H and O–H groups in total. The number of nitrogens with two attached hydrogens (primary N) is 1. The standard InChI is InChI=1S/C14H21N3O3/c1-11(18)7-5-6-10-16-14(20)17(13(15)19)12-8-3-2-4-9-12/h2-4,8-9,11,18H,5-7,10H2,1H3,(H2,15,19)(H,16,20). The van der Waals surface area contributed by atoms with Crippen LogP contribution < -0.4 is 16.0 Å². The zero-order valence-electron chi connectivity index (χ0n) is 11.6. The van der Waals surface area contributed by atoms with Crippen molar-refractivity contribution in [2.24, 2.45) is 5.73 Å². The van der Waals surface area contributed by atoms with Gasteiger partial charge in [0.25, 0.3) is 0 Å². The van der Waals surface area contributed by atoms with Crippen molar-refractivity contribution >= 4 is 17.7 Å². The predicted molar refractivity (Wildman–Crippen MR) is 77.4 cm³/mol. The third kappa shape index (κ3) is 5.27. The monoisotopic (exact) mass is 279 g/mol. The molecule has 6 heteroatoms. The van der Waals surface area contributed by atoms with Gasteiger partial charge in [-0.25, -0.2) is 14.5 Å². The van der Waals surface area contributed by atoms with Crippen LogP contribution in [-0.2, 0) is 0 Å². The molecule has 1 aromatic rings. The summed E-state index contributed by atoms with van der Waals surface area (Å²) in [6.45, 7) is 2.16. The number of aliphatic hydroxyl groups excluding tert-OH is 1. The summed E-state index contributed by atoms with van der Waals surface area (Å²) >= 11 is 0. The van der Waals surface area contributed by atoms with Gasteiger partial charge >= 0.3 is 12.1 Å². The number of unbranched alkanes of at least 4 members (excludes halogenated alkanes) is 1. The van der Waals surface area contributed by atoms with Crippen LogP contribution in [0, 0.1) is 0 Å². The maximum atomic E-state index is 11.9. The molecule has 1 rings (SSSR count). The van der Waals surface area contributed by atoms with Crippen molar-refractivity contribution in [3.63, 3.8) is 0 Å². The Morgan fingerprint density at radius 1 is 1.30 bits per heavy atom. The van der Waals surface area contributed by atoms with E-state index in [1.54, 1.807) is 37.3 Å². The van der Waals surface area contributed by atoms with Crippen LogP contribution in [0.3, 0.4) is 0 Å². The van der Waals surface area contributed by atoms with Crippen molar-refractivity contribution in [3.05, 3.63) is 30.3 Å². The van der Waals surface area contributed by atoms with Gasteiger partial charge in [0.1, 0.15) is 0 Å². The lowest BCUT2D eigenvalue weighted by Crippen LogP contribution is -2.47. The van der Waals surface area contributed by atoms with Crippen molar-refractivity contribution in [3.8, 4) is 0 Å². The first-order valence-corrected chi connectivity index (χ1v) is 6.63. The first kappa shape index (κ1) is 16.0. The number of carbonyl (C=O) groups is 2. The molecule has 0 aliphatic rings. The van der Waals surface area contributed by atoms with Crippen LogP contribution in [0.25, 0.3) is 0 Å². The Morgan fingerprint density at radius 2 is 1.95 bits per heavy atom. The minimum absolute atomic E-state index is 0.336. The molecule has 1 atom stereocenters. The summed E-state index contributed by atoms with van der Waals surface area (Å²) in [6, 6.07) is 7.15. The molecule has 0 radical (unpaired) electrons. The fourth-order valence-electron chi connectivity index (χ4n) is 1.76. The molecule has 1 aromatic carbocycles. The maximum absolute atomic E-state index is 11.9. The van der Waals surface area contributed by atoms with E-state index in [2.05, 4.69) is 5.32 Å². The molecule has 0 saturated heterocycles. The highest BCUT2D eigenvalue weighted by Crippen LogP contribution is 2.13. The van der Waals surface area contributed by atoms with Gasteiger partial charge < -0.3 is 16.2 Å². The van der Waals surface area contributed by atoms with Gasteiger partial charge in [0, 0.05) is 6.54 Å². The van der Waals surface area contributed by atoms with Crippen molar-refractivity contribution in [1.29, 1.82) is 0 Å². The molecule has 0 spiro atoms. The SMILES string of the molecule is CC(O)CCCCNC(=O)N(C(N)=O)c1ccccc1. The molecule has 6 nitrogen and oxygen atoms in total. The molecule has 20 heavy (non-hydrogen) atoms. The number of primary amides is 1. The zero-order valence-corrected chi connectivity index (χ0v) is 11.6. The van der Waals surface area contributed by atoms with Gasteiger partial charge in [-0.05, 0) is 38.3 Å². The van der Waals surface area contributed by atoms with Crippen LogP contribution in [-0.4, -0.2) is 29.8 Å². The highest BCUT2D eigenvalue weighted by atomic mass is 16.3. The molecular weight excluding hydrogens is 258 g/mol. The van der Waals surface area contributed by atoms with Crippen LogP contribution in [0.1, 0.15) is 26.2 Å². The molecule has 0 aromatic heterocycles. The molecule has 0 aliphatic heterocycles. The lowest BCUT2D eigenvalue weighted by molar-refractivity contribution is 0.180. The number of anilines is 1. The summed E-state index contributed by atoms with van der Waals surface area (Å²) in [5, 5.41) is 11.8. The molecule has 0 fully saturated rings. The van der Waals surface area contributed by atoms with Crippen LogP contribution >= 0.6 is 0 Å². The van der Waals surface area contributed by atoms with Gasteiger partial charge in [0.05, 0.1) is 11.8 Å². The Kier molecular flexibility index (Phi) is 6.52. The predicted octanol–water partition coefficient (Wildman–Crippen LogP) is 1.83. The Bertz CT molecular complexity index is 435. The van der Waals surface area contributed by atoms with Gasteiger partial charge in [-0.3, -0.25) is 0 Å². The molecular formula is C14H21N3O3. The summed E-state index contributed by atoms with van der Waals surface area (Å²) in [4.78, 5) is 24.2. The van der Waals surface area contributed by atoms with Crippen molar-refractivity contribution < 1.29 is 14.7 Å². The maximum Gasteiger partial charge on any atom is 0.330 e. The number of benzene rings is 1. The van der Waals surface area contributed by atoms with E-state index in [1.807, 2.05) is 0 Å². The van der Waals surface area contributed by atoms with Gasteiger partial charge in [-0.15, -0.1) is 0 Å². The number of urea groups is 2. The normalized spacial score (nSPS) is 11.7. The minimum Gasteiger partial charge on any atom is -0.393 e. The average Bonchev–Trinajstić information content (AvgIpc) is 2.39. The molecule has 1 unspecified atom stereocenters. The van der Waals surface area contributed by atoms with Gasteiger partial charge in [-0.2, -0.15) is 0 Å². The lowest BCUT2D eigenvalue weighted by Gasteiger charge is -2.19. The van der Waals surface area contributed by atoms with Crippen molar-refractivity contribution in [2.45, 2.75) is 32.3 Å². The third-order valence-electron chi connectivity index (χ3n) is 2.76. The van der Waals surface area contributed by atoms with E-state index in [1.165, 1.54) is 0 Å². The number of nitrogens with zero attached hydrogens (tertiary/aromatic N) is 1. The second kappa shape index (κ2) is 8.16. The van der Waals surface area contributed by atoms with Crippen LogP contribution in [0.2, 0.25) is 0 Å². The minimum atomic E-state index is -0.822. The molecule has 0 heterocycles. The number of para-hydroxylation sites is 1. The first-order valence-electron chi connectivity index (χ1n) is 6.63. The Morgan fingerprint density at radius 3 is 2.50 bits per heavy atom. The number of aliphatic hydroxyl groups is 1. The Hall–Kier alpha value is -2.08. The van der Waals surface area contributed by atoms with E-state index in [4.69, 9.17) is 10.8 Å². The van der Waals surface area contributed by atoms with Crippen molar-refractivity contribution in [1.82, 2.24) is 5.32 Å². The number of hydrogen-bond acceptors (Lipinski definition) is 3. The van der Waals surface area contributed by atoms with Gasteiger partial charge in [0.15, 0.2) is 0 Å². The Labute approximate surface area is 118 Å². The van der Waals surface area contributed by atoms with Crippen LogP contribution in [0.4, 0.5) is 15.3 Å². The average molecular weight is 279 g/mol. The lowest BCUT2D eigenvalue weighted by atomic mass is 10.2. The van der Waals surface area contributed by atoms with E-state index < -0.39 is 12.1 Å². The van der Waals surface area contributed by atoms with Crippen molar-refractivity contribution in [2.75, 3.05) is 11.4 Å². The van der Waals surface area contributed by atoms with Crippen LogP contribution in [0.15, 0.2) is 30.3 Å². The third-order valence-corrected chi connectivity index (χ3v) is 2.76. The number of carbonyl (C=O) groups excluding carboxylic acids is 2. The summed E-state index contributed by atoms with van der Waals surface area (Å²) in [6.07, 6.45) is 1.89. The summed E-state index contributed by atoms with van der Waals surface area (Å²) < 4.78 is 0. The van der Waals surface area contributed by atoms with Gasteiger partial charge in [-0.1, -0.05) is 18.2 Å². The highest BCUT2D eigenvalue weighted by molar-refractivity contribution is 6.12. The summed E-state index contributed by atoms with van der Waals surface area (Å²) in [7, 11) is 0. The van der Waals surface area contributed by atoms with E-state index in [-0.39, 0.29) is 6.10 Å². The number of nitrogens with one attached hydrogen (secondary N) is 1. The molecule has 0 aliphatic carbocycles. The first-order chi connectivity index (χ1) is 9.52. The highest BCUT2D eigenvalue weighted by Gasteiger charge is 2.20. The number of amides is 4. The number of imide groups is 1. The molecule has 0 saturated carbocycles. The number of rotatable bonds is 6. The fourth-order valence-corrected chi connectivity index (χ4v) is 1.76. The second-order valence-electron chi connectivity index (χ2n) is 4.59. The van der Waals surface area contributed by atoms with E-state index in [0.717, 1.165) is 17.7 Å². The van der Waals surface area contributed by atoms with Crippen LogP contribution in [0.5, 0.6) is 0 Å².